The molecule has 0 atom stereocenters. The van der Waals surface area contributed by atoms with E-state index in [1.54, 1.807) is 50.6 Å². The van der Waals surface area contributed by atoms with Crippen LogP contribution < -0.4 is 18.9 Å². The third-order valence-corrected chi connectivity index (χ3v) is 4.17. The van der Waals surface area contributed by atoms with Crippen molar-refractivity contribution in [1.29, 1.82) is 0 Å². The van der Waals surface area contributed by atoms with E-state index in [2.05, 4.69) is 13.2 Å². The summed E-state index contributed by atoms with van der Waals surface area (Å²) in [7, 11) is 3.19. The number of carbonyl (C=O) groups excluding carboxylic acids is 1. The van der Waals surface area contributed by atoms with Crippen LogP contribution >= 0.6 is 0 Å². The molecule has 0 aromatic heterocycles. The van der Waals surface area contributed by atoms with Crippen molar-refractivity contribution in [3.63, 3.8) is 0 Å². The van der Waals surface area contributed by atoms with Gasteiger partial charge in [0.15, 0.2) is 5.78 Å². The summed E-state index contributed by atoms with van der Waals surface area (Å²) in [4.78, 5) is 12.8. The van der Waals surface area contributed by atoms with Gasteiger partial charge < -0.3 is 18.9 Å². The molecular formula is C24H26O5. The fourth-order valence-electron chi connectivity index (χ4n) is 2.79. The van der Waals surface area contributed by atoms with Gasteiger partial charge in [0, 0.05) is 17.2 Å². The fourth-order valence-corrected chi connectivity index (χ4v) is 2.79. The van der Waals surface area contributed by atoms with Crippen LogP contribution in [0.3, 0.4) is 0 Å². The van der Waals surface area contributed by atoms with Crippen molar-refractivity contribution < 1.29 is 23.7 Å². The van der Waals surface area contributed by atoms with Crippen LogP contribution in [0.15, 0.2) is 61.7 Å². The van der Waals surface area contributed by atoms with E-state index in [9.17, 15) is 4.79 Å². The number of hydrogen-bond acceptors (Lipinski definition) is 5. The Balaban J connectivity index is 2.33. The largest absolute Gasteiger partial charge is 0.496 e. The Hall–Kier alpha value is -3.47. The Kier molecular flexibility index (Phi) is 8.10. The van der Waals surface area contributed by atoms with Crippen molar-refractivity contribution in [1.82, 2.24) is 0 Å². The lowest BCUT2D eigenvalue weighted by atomic mass is 10.0. The molecule has 0 fully saturated rings. The second-order valence-electron chi connectivity index (χ2n) is 6.07. The summed E-state index contributed by atoms with van der Waals surface area (Å²) in [5, 5.41) is 0. The first kappa shape index (κ1) is 21.8. The summed E-state index contributed by atoms with van der Waals surface area (Å²) in [6.45, 7) is 9.82. The maximum Gasteiger partial charge on any atom is 0.189 e. The zero-order valence-corrected chi connectivity index (χ0v) is 17.1. The van der Waals surface area contributed by atoms with Crippen LogP contribution in [0.4, 0.5) is 0 Å². The van der Waals surface area contributed by atoms with Crippen molar-refractivity contribution in [2.24, 2.45) is 0 Å². The smallest absolute Gasteiger partial charge is 0.189 e. The van der Waals surface area contributed by atoms with Gasteiger partial charge in [-0.2, -0.15) is 0 Å². The average Bonchev–Trinajstić information content (AvgIpc) is 2.74. The second kappa shape index (κ2) is 10.8. The molecule has 0 amide bonds. The number of ether oxygens (including phenoxy) is 4. The van der Waals surface area contributed by atoms with Gasteiger partial charge >= 0.3 is 0 Å². The van der Waals surface area contributed by atoms with Crippen LogP contribution in [0.1, 0.15) is 21.5 Å². The van der Waals surface area contributed by atoms with Crippen LogP contribution in [0.2, 0.25) is 0 Å². The summed E-state index contributed by atoms with van der Waals surface area (Å²) in [6, 6.07) is 8.78. The van der Waals surface area contributed by atoms with E-state index in [0.717, 1.165) is 16.9 Å². The van der Waals surface area contributed by atoms with Crippen LogP contribution in [0, 0.1) is 6.92 Å². The maximum atomic E-state index is 12.8. The molecule has 0 aliphatic rings. The Labute approximate surface area is 171 Å². The monoisotopic (exact) mass is 394 g/mol. The minimum Gasteiger partial charge on any atom is -0.496 e. The Morgan fingerprint density at radius 1 is 0.966 bits per heavy atom. The maximum absolute atomic E-state index is 12.8. The molecule has 2 aromatic carbocycles. The van der Waals surface area contributed by atoms with Crippen molar-refractivity contribution in [3.05, 3.63) is 78.4 Å². The molecule has 0 saturated heterocycles. The molecule has 0 heterocycles. The number of carbonyl (C=O) groups is 1. The molecule has 0 radical (unpaired) electrons. The van der Waals surface area contributed by atoms with Crippen molar-refractivity contribution in [2.75, 3.05) is 27.4 Å². The van der Waals surface area contributed by atoms with E-state index in [1.165, 1.54) is 6.08 Å². The summed E-state index contributed by atoms with van der Waals surface area (Å²) >= 11 is 0. The number of methoxy groups -OCH3 is 2. The van der Waals surface area contributed by atoms with Gasteiger partial charge in [0.2, 0.25) is 0 Å². The topological polar surface area (TPSA) is 54.0 Å². The Morgan fingerprint density at radius 3 is 2.34 bits per heavy atom. The highest BCUT2D eigenvalue weighted by molar-refractivity contribution is 6.08. The van der Waals surface area contributed by atoms with Crippen LogP contribution in [0.5, 0.6) is 23.0 Å². The molecule has 0 saturated carbocycles. The minimum atomic E-state index is -0.199. The number of rotatable bonds is 11. The van der Waals surface area contributed by atoms with E-state index < -0.39 is 0 Å². The van der Waals surface area contributed by atoms with Gasteiger partial charge in [0.05, 0.1) is 19.8 Å². The van der Waals surface area contributed by atoms with Crippen LogP contribution in [-0.2, 0) is 0 Å². The molecular weight excluding hydrogens is 368 g/mol. The first-order valence-electron chi connectivity index (χ1n) is 9.11. The first-order valence-corrected chi connectivity index (χ1v) is 9.11. The Morgan fingerprint density at radius 2 is 1.69 bits per heavy atom. The summed E-state index contributed by atoms with van der Waals surface area (Å²) in [5.41, 5.74) is 2.07. The summed E-state index contributed by atoms with van der Waals surface area (Å²) < 4.78 is 22.0. The SMILES string of the molecule is C=CCOc1ccc(C(=O)C=Cc2ccc(OC)c(C)c2OC)c(OCC=C)c1. The highest BCUT2D eigenvalue weighted by Gasteiger charge is 2.13. The number of allylic oxidation sites excluding steroid dienone is 1. The minimum absolute atomic E-state index is 0.199. The lowest BCUT2D eigenvalue weighted by Crippen LogP contribution is -2.03. The molecule has 0 unspecified atom stereocenters. The van der Waals surface area contributed by atoms with Crippen molar-refractivity contribution in [2.45, 2.75) is 6.92 Å². The molecule has 0 bridgehead atoms. The second-order valence-corrected chi connectivity index (χ2v) is 6.07. The van der Waals surface area contributed by atoms with Crippen LogP contribution in [-0.4, -0.2) is 33.2 Å². The molecule has 0 aliphatic heterocycles. The quantitative estimate of drug-likeness (QED) is 0.304. The standard InChI is InChI=1S/C24H26O5/c1-6-14-28-19-10-11-20(23(16-19)29-15-7-2)21(25)12-8-18-9-13-22(26-4)17(3)24(18)27-5/h6-13,16H,1-2,14-15H2,3-5H3. The highest BCUT2D eigenvalue weighted by Crippen LogP contribution is 2.32. The first-order chi connectivity index (χ1) is 14.0. The van der Waals surface area contributed by atoms with Gasteiger partial charge in [0.1, 0.15) is 36.2 Å². The van der Waals surface area contributed by atoms with E-state index in [-0.39, 0.29) is 12.4 Å². The molecule has 2 aromatic rings. The highest BCUT2D eigenvalue weighted by atomic mass is 16.5. The normalized spacial score (nSPS) is 10.4. The number of benzene rings is 2. The molecule has 5 nitrogen and oxygen atoms in total. The van der Waals surface area contributed by atoms with E-state index in [4.69, 9.17) is 18.9 Å². The van der Waals surface area contributed by atoms with Gasteiger partial charge in [-0.15, -0.1) is 0 Å². The summed E-state index contributed by atoms with van der Waals surface area (Å²) in [6.07, 6.45) is 6.47. The number of ketones is 1. The Bertz CT molecular complexity index is 912. The lowest BCUT2D eigenvalue weighted by Gasteiger charge is -2.13. The molecule has 29 heavy (non-hydrogen) atoms. The molecule has 5 heteroatoms. The van der Waals surface area contributed by atoms with Gasteiger partial charge in [0.25, 0.3) is 0 Å². The molecule has 0 N–H and O–H groups in total. The van der Waals surface area contributed by atoms with Crippen molar-refractivity contribution >= 4 is 11.9 Å². The predicted molar refractivity (Wildman–Crippen MR) is 115 cm³/mol. The average molecular weight is 394 g/mol. The lowest BCUT2D eigenvalue weighted by molar-refractivity contribution is 0.104. The van der Waals surface area contributed by atoms with E-state index in [1.807, 2.05) is 19.1 Å². The molecule has 2 rings (SSSR count). The van der Waals surface area contributed by atoms with E-state index in [0.29, 0.717) is 29.4 Å². The zero-order valence-electron chi connectivity index (χ0n) is 17.1. The zero-order chi connectivity index (χ0) is 21.2. The fraction of sp³-hybridized carbons (Fsp3) is 0.208. The van der Waals surface area contributed by atoms with Gasteiger partial charge in [-0.3, -0.25) is 4.79 Å². The number of hydrogen-bond donors (Lipinski definition) is 0. The summed E-state index contributed by atoms with van der Waals surface area (Å²) in [5.74, 6) is 2.20. The van der Waals surface area contributed by atoms with Gasteiger partial charge in [-0.25, -0.2) is 0 Å². The van der Waals surface area contributed by atoms with E-state index >= 15 is 0 Å². The third-order valence-electron chi connectivity index (χ3n) is 4.17. The molecule has 0 aliphatic carbocycles. The van der Waals surface area contributed by atoms with Crippen molar-refractivity contribution in [3.8, 4) is 23.0 Å². The molecule has 152 valence electrons. The van der Waals surface area contributed by atoms with Crippen LogP contribution in [0.25, 0.3) is 6.08 Å². The predicted octanol–water partition coefficient (Wildman–Crippen LogP) is 5.04. The van der Waals surface area contributed by atoms with Gasteiger partial charge in [-0.05, 0) is 43.3 Å². The third kappa shape index (κ3) is 5.51. The van der Waals surface area contributed by atoms with Gasteiger partial charge in [-0.1, -0.05) is 25.3 Å². The molecule has 0 spiro atoms.